The number of aliphatic hydroxyl groups is 2. The molecule has 2 saturated heterocycles. The first-order chi connectivity index (χ1) is 21.0. The number of nitrogens with two attached hydrogens (primary N) is 1. The number of fused-ring (bicyclic) bond motifs is 4. The molecule has 248 valence electrons. The number of hydrogen-bond acceptors (Lipinski definition) is 8. The molecule has 8 N–H and O–H groups in total. The van der Waals surface area contributed by atoms with Crippen LogP contribution in [0.5, 0.6) is 0 Å². The number of aldehydes is 1. The summed E-state index contributed by atoms with van der Waals surface area (Å²) in [5, 5.41) is 42.0. The van der Waals surface area contributed by atoms with Crippen molar-refractivity contribution in [3.8, 4) is 0 Å². The molecule has 3 aliphatic rings. The Morgan fingerprint density at radius 3 is 2.57 bits per heavy atom. The van der Waals surface area contributed by atoms with Crippen molar-refractivity contribution in [1.29, 1.82) is 0 Å². The molecule has 0 amide bonds. The smallest absolute Gasteiger partial charge is 0.306 e. The second-order valence-corrected chi connectivity index (χ2v) is 14.7. The van der Waals surface area contributed by atoms with Gasteiger partial charge in [0, 0.05) is 36.6 Å². The van der Waals surface area contributed by atoms with Gasteiger partial charge in [0.25, 0.3) is 0 Å². The van der Waals surface area contributed by atoms with Gasteiger partial charge in [-0.15, -0.1) is 0 Å². The van der Waals surface area contributed by atoms with Crippen molar-refractivity contribution in [3.63, 3.8) is 0 Å². The monoisotopic (exact) mass is 614 g/mol. The van der Waals surface area contributed by atoms with Gasteiger partial charge in [-0.2, -0.15) is 0 Å². The van der Waals surface area contributed by atoms with Gasteiger partial charge in [0.15, 0.2) is 0 Å². The lowest BCUT2D eigenvalue weighted by atomic mass is 9.76. The first-order valence-electron chi connectivity index (χ1n) is 17.1. The Balaban J connectivity index is 1.56. The fraction of sp³-hybridized carbons (Fsp3) is 0.771. The normalized spacial score (nSPS) is 36.8. The zero-order valence-corrected chi connectivity index (χ0v) is 27.0. The summed E-state index contributed by atoms with van der Waals surface area (Å²) >= 11 is 0. The zero-order valence-electron chi connectivity index (χ0n) is 27.0. The summed E-state index contributed by atoms with van der Waals surface area (Å²) in [7, 11) is 0. The number of nitrogens with one attached hydrogen (secondary N) is 3. The molecule has 44 heavy (non-hydrogen) atoms. The van der Waals surface area contributed by atoms with Gasteiger partial charge in [-0.3, -0.25) is 10.1 Å². The highest BCUT2D eigenvalue weighted by molar-refractivity contribution is 5.68. The predicted octanol–water partition coefficient (Wildman–Crippen LogP) is 3.43. The Hall–Kier alpha value is -1.88. The van der Waals surface area contributed by atoms with E-state index in [1.807, 2.05) is 6.92 Å². The summed E-state index contributed by atoms with van der Waals surface area (Å²) in [4.78, 5) is 23.6. The van der Waals surface area contributed by atoms with Crippen LogP contribution in [0.2, 0.25) is 0 Å². The lowest BCUT2D eigenvalue weighted by Gasteiger charge is -2.44. The molecule has 0 unspecified atom stereocenters. The van der Waals surface area contributed by atoms with Crippen LogP contribution < -0.4 is 21.7 Å². The lowest BCUT2D eigenvalue weighted by Crippen LogP contribution is -2.63. The second-order valence-electron chi connectivity index (χ2n) is 14.7. The summed E-state index contributed by atoms with van der Waals surface area (Å²) in [6.07, 6.45) is 11.9. The minimum Gasteiger partial charge on any atom is -0.481 e. The van der Waals surface area contributed by atoms with Crippen LogP contribution in [0.15, 0.2) is 24.3 Å². The van der Waals surface area contributed by atoms with Gasteiger partial charge in [0.2, 0.25) is 0 Å². The average molecular weight is 615 g/mol. The SMILES string of the molecule is C[C@H]1N[C@H](C[C@H](CC=O)[C@H]2CCCCCC[C@@](O)(CC(=O)O)CN[C@@]3(C)C[C@@H](Cc4cccc(c4)C2)N[C@H](N)C3)CC[C@H]1O. The van der Waals surface area contributed by atoms with E-state index in [9.17, 15) is 24.9 Å². The maximum Gasteiger partial charge on any atom is 0.306 e. The van der Waals surface area contributed by atoms with Gasteiger partial charge in [0.05, 0.1) is 24.3 Å². The van der Waals surface area contributed by atoms with Crippen LogP contribution in [-0.4, -0.2) is 75.7 Å². The van der Waals surface area contributed by atoms with Gasteiger partial charge in [-0.05, 0) is 94.6 Å². The van der Waals surface area contributed by atoms with Gasteiger partial charge >= 0.3 is 5.97 Å². The third-order valence-electron chi connectivity index (χ3n) is 10.6. The summed E-state index contributed by atoms with van der Waals surface area (Å²) in [6, 6.07) is 9.37. The molecular formula is C35H58N4O5. The van der Waals surface area contributed by atoms with Crippen molar-refractivity contribution in [1.82, 2.24) is 16.0 Å². The molecule has 9 atom stereocenters. The Morgan fingerprint density at radius 2 is 1.84 bits per heavy atom. The molecule has 1 aromatic rings. The fourth-order valence-corrected chi connectivity index (χ4v) is 8.24. The molecule has 0 aromatic heterocycles. The van der Waals surface area contributed by atoms with Crippen LogP contribution in [0.3, 0.4) is 0 Å². The number of carbonyl (C=O) groups is 2. The van der Waals surface area contributed by atoms with Gasteiger partial charge < -0.3 is 36.5 Å². The minimum absolute atomic E-state index is 0.0611. The summed E-state index contributed by atoms with van der Waals surface area (Å²) < 4.78 is 0. The molecule has 0 spiro atoms. The van der Waals surface area contributed by atoms with Gasteiger partial charge in [-0.1, -0.05) is 49.9 Å². The standard InChI is InChI=1S/C35H58N4O5/c1-24-31(41)12-11-29(38-24)19-28(13-15-40)27-10-5-3-4-6-14-35(44,22-33(42)43)23-37-34(2)20-30(39-32(36)21-34)18-26-9-7-8-25(16-26)17-27/h7-9,15-16,24,27-32,37-39,41,44H,3-6,10-14,17-23,36H2,1-2H3,(H,42,43)/t24-,27+,28+,29+,30-,31-,32+,34+,35-/m1/s1. The van der Waals surface area contributed by atoms with E-state index in [1.54, 1.807) is 0 Å². The quantitative estimate of drug-likeness (QED) is 0.229. The lowest BCUT2D eigenvalue weighted by molar-refractivity contribution is -0.143. The van der Waals surface area contributed by atoms with Crippen molar-refractivity contribution in [2.45, 2.75) is 152 Å². The van der Waals surface area contributed by atoms with Crippen molar-refractivity contribution >= 4 is 12.3 Å². The van der Waals surface area contributed by atoms with Crippen molar-refractivity contribution < 1.29 is 24.9 Å². The molecule has 3 heterocycles. The number of carboxylic acids is 1. The number of piperidine rings is 2. The molecule has 2 fully saturated rings. The maximum absolute atomic E-state index is 11.9. The number of benzene rings is 1. The van der Waals surface area contributed by atoms with E-state index in [1.165, 1.54) is 11.1 Å². The first kappa shape index (κ1) is 35.0. The minimum atomic E-state index is -1.31. The van der Waals surface area contributed by atoms with Crippen molar-refractivity contribution in [3.05, 3.63) is 35.4 Å². The Kier molecular flexibility index (Phi) is 12.8. The number of β-amino-alcohol motifs (C(OH)–C–C–N with tert-alkyl or cyclic N) is 1. The summed E-state index contributed by atoms with van der Waals surface area (Å²) in [6.45, 7) is 4.40. The third-order valence-corrected chi connectivity index (χ3v) is 10.6. The number of carbonyl (C=O) groups excluding carboxylic acids is 1. The number of carboxylic acid groups (broad SMARTS) is 1. The number of aliphatic carboxylic acids is 1. The van der Waals surface area contributed by atoms with Crippen LogP contribution >= 0.6 is 0 Å². The molecule has 9 heteroatoms. The molecule has 0 aliphatic carbocycles. The number of rotatable bonds is 7. The number of hydrogen-bond donors (Lipinski definition) is 7. The predicted molar refractivity (Wildman–Crippen MR) is 173 cm³/mol. The van der Waals surface area contributed by atoms with E-state index in [0.29, 0.717) is 31.2 Å². The Labute approximate surface area is 264 Å². The highest BCUT2D eigenvalue weighted by Crippen LogP contribution is 2.33. The van der Waals surface area contributed by atoms with E-state index >= 15 is 0 Å². The van der Waals surface area contributed by atoms with E-state index in [4.69, 9.17) is 5.73 Å². The molecule has 4 bridgehead atoms. The largest absolute Gasteiger partial charge is 0.481 e. The highest BCUT2D eigenvalue weighted by atomic mass is 16.4. The van der Waals surface area contributed by atoms with Crippen molar-refractivity contribution in [2.24, 2.45) is 17.6 Å². The third kappa shape index (κ3) is 10.6. The highest BCUT2D eigenvalue weighted by Gasteiger charge is 2.39. The zero-order chi connectivity index (χ0) is 31.7. The van der Waals surface area contributed by atoms with Crippen LogP contribution in [0.1, 0.15) is 108 Å². The van der Waals surface area contributed by atoms with Crippen LogP contribution in [0, 0.1) is 11.8 Å². The van der Waals surface area contributed by atoms with Gasteiger partial charge in [0.1, 0.15) is 6.29 Å². The molecule has 9 nitrogen and oxygen atoms in total. The topological polar surface area (TPSA) is 157 Å². The molecule has 4 rings (SSSR count). The van der Waals surface area contributed by atoms with E-state index in [-0.39, 0.29) is 48.8 Å². The average Bonchev–Trinajstić information content (AvgIpc) is 2.94. The van der Waals surface area contributed by atoms with Crippen LogP contribution in [0.4, 0.5) is 0 Å². The number of aliphatic hydroxyl groups excluding tert-OH is 1. The Morgan fingerprint density at radius 1 is 1.09 bits per heavy atom. The molecule has 3 aliphatic heterocycles. The first-order valence-corrected chi connectivity index (χ1v) is 17.1. The van der Waals surface area contributed by atoms with Gasteiger partial charge in [-0.25, -0.2) is 0 Å². The molecule has 1 aromatic carbocycles. The van der Waals surface area contributed by atoms with E-state index in [2.05, 4.69) is 47.1 Å². The molecular weight excluding hydrogens is 556 g/mol. The van der Waals surface area contributed by atoms with Crippen LogP contribution in [-0.2, 0) is 22.4 Å². The maximum atomic E-state index is 11.9. The Bertz CT molecular complexity index is 1070. The van der Waals surface area contributed by atoms with E-state index < -0.39 is 11.6 Å². The van der Waals surface area contributed by atoms with E-state index in [0.717, 1.165) is 76.9 Å². The second kappa shape index (κ2) is 16.1. The van der Waals surface area contributed by atoms with Crippen LogP contribution in [0.25, 0.3) is 0 Å². The summed E-state index contributed by atoms with van der Waals surface area (Å²) in [5.41, 5.74) is 7.41. The summed E-state index contributed by atoms with van der Waals surface area (Å²) in [5.74, 6) is -0.370. The molecule has 0 saturated carbocycles. The fourth-order valence-electron chi connectivity index (χ4n) is 8.24. The molecule has 0 radical (unpaired) electrons. The van der Waals surface area contributed by atoms with Crippen molar-refractivity contribution in [2.75, 3.05) is 6.54 Å².